The molecule has 0 saturated carbocycles. The number of unbranched alkanes of at least 4 members (excludes halogenated alkanes) is 21. The summed E-state index contributed by atoms with van der Waals surface area (Å²) in [6.45, 7) is 4.09. The monoisotopic (exact) mass is 687 g/mol. The lowest BCUT2D eigenvalue weighted by molar-refractivity contribution is -0.161. The zero-order chi connectivity index (χ0) is 35.7. The molecule has 0 spiro atoms. The van der Waals surface area contributed by atoms with Crippen LogP contribution < -0.4 is 0 Å². The third-order valence-corrected chi connectivity index (χ3v) is 8.88. The molecule has 5 heteroatoms. The number of hydrogen-bond acceptors (Lipinski definition) is 5. The van der Waals surface area contributed by atoms with E-state index in [1.54, 1.807) is 0 Å². The molecular formula is C44H78O5. The first-order chi connectivity index (χ1) is 24.1. The third kappa shape index (κ3) is 38.5. The van der Waals surface area contributed by atoms with Gasteiger partial charge in [0.1, 0.15) is 6.61 Å². The Labute approximate surface area is 303 Å². The SMILES string of the molecule is CCCCCCCCC/C=C/C/C=C/C/C=C/C/C=C/CCCC(=O)OC[C@H](CO)OC(=O)CCCCCCCCCCCCCCCC. The van der Waals surface area contributed by atoms with Crippen LogP contribution in [0.2, 0.25) is 0 Å². The maximum absolute atomic E-state index is 12.2. The zero-order valence-corrected chi connectivity index (χ0v) is 32.2. The molecule has 0 amide bonds. The zero-order valence-electron chi connectivity index (χ0n) is 32.2. The van der Waals surface area contributed by atoms with E-state index in [2.05, 4.69) is 62.5 Å². The molecule has 284 valence electrons. The quantitative estimate of drug-likeness (QED) is 0.0400. The van der Waals surface area contributed by atoms with Crippen molar-refractivity contribution in [3.63, 3.8) is 0 Å². The van der Waals surface area contributed by atoms with E-state index in [9.17, 15) is 14.7 Å². The molecule has 5 nitrogen and oxygen atoms in total. The number of esters is 2. The van der Waals surface area contributed by atoms with Gasteiger partial charge in [-0.2, -0.15) is 0 Å². The summed E-state index contributed by atoms with van der Waals surface area (Å²) in [5.41, 5.74) is 0. The Morgan fingerprint density at radius 2 is 0.837 bits per heavy atom. The van der Waals surface area contributed by atoms with Crippen LogP contribution in [-0.4, -0.2) is 36.4 Å². The molecule has 0 heterocycles. The molecule has 0 bridgehead atoms. The molecule has 0 saturated heterocycles. The van der Waals surface area contributed by atoms with Gasteiger partial charge in [0.2, 0.25) is 0 Å². The van der Waals surface area contributed by atoms with Gasteiger partial charge in [-0.05, 0) is 51.4 Å². The van der Waals surface area contributed by atoms with Gasteiger partial charge < -0.3 is 14.6 Å². The van der Waals surface area contributed by atoms with Gasteiger partial charge in [0.25, 0.3) is 0 Å². The van der Waals surface area contributed by atoms with Gasteiger partial charge >= 0.3 is 11.9 Å². The Morgan fingerprint density at radius 1 is 0.469 bits per heavy atom. The second kappa shape index (κ2) is 40.3. The van der Waals surface area contributed by atoms with Crippen LogP contribution in [0.1, 0.15) is 200 Å². The summed E-state index contributed by atoms with van der Waals surface area (Å²) in [6, 6.07) is 0. The highest BCUT2D eigenvalue weighted by molar-refractivity contribution is 5.70. The van der Waals surface area contributed by atoms with Crippen LogP contribution in [0.15, 0.2) is 48.6 Å². The van der Waals surface area contributed by atoms with Gasteiger partial charge in [0.05, 0.1) is 6.61 Å². The van der Waals surface area contributed by atoms with Gasteiger partial charge in [-0.3, -0.25) is 9.59 Å². The normalized spacial score (nSPS) is 12.6. The minimum atomic E-state index is -0.791. The van der Waals surface area contributed by atoms with E-state index in [0.717, 1.165) is 44.9 Å². The number of carbonyl (C=O) groups excluding carboxylic acids is 2. The van der Waals surface area contributed by atoms with E-state index in [1.807, 2.05) is 0 Å². The van der Waals surface area contributed by atoms with Gasteiger partial charge in [-0.1, -0.05) is 184 Å². The minimum Gasteiger partial charge on any atom is -0.462 e. The van der Waals surface area contributed by atoms with Crippen molar-refractivity contribution in [3.8, 4) is 0 Å². The summed E-state index contributed by atoms with van der Waals surface area (Å²) in [5, 5.41) is 9.55. The lowest BCUT2D eigenvalue weighted by Gasteiger charge is -2.15. The summed E-state index contributed by atoms with van der Waals surface area (Å²) < 4.78 is 10.6. The van der Waals surface area contributed by atoms with Crippen LogP contribution in [0.5, 0.6) is 0 Å². The molecule has 0 aliphatic carbocycles. The molecule has 0 aromatic carbocycles. The first kappa shape index (κ1) is 46.9. The summed E-state index contributed by atoms with van der Waals surface area (Å²) in [6.07, 6.45) is 50.4. The van der Waals surface area contributed by atoms with Crippen molar-refractivity contribution in [1.82, 2.24) is 0 Å². The Kier molecular flexibility index (Phi) is 38.5. The van der Waals surface area contributed by atoms with E-state index in [4.69, 9.17) is 9.47 Å². The predicted octanol–water partition coefficient (Wildman–Crippen LogP) is 13.0. The highest BCUT2D eigenvalue weighted by Crippen LogP contribution is 2.14. The predicted molar refractivity (Wildman–Crippen MR) is 210 cm³/mol. The average Bonchev–Trinajstić information content (AvgIpc) is 3.10. The van der Waals surface area contributed by atoms with Crippen LogP contribution in [0, 0.1) is 0 Å². The maximum Gasteiger partial charge on any atom is 0.306 e. The lowest BCUT2D eigenvalue weighted by Crippen LogP contribution is -2.28. The summed E-state index contributed by atoms with van der Waals surface area (Å²) in [4.78, 5) is 24.2. The number of aliphatic hydroxyl groups is 1. The molecule has 0 radical (unpaired) electrons. The van der Waals surface area contributed by atoms with E-state index in [-0.39, 0.29) is 25.2 Å². The molecule has 0 unspecified atom stereocenters. The standard InChI is InChI=1S/C44H78O5/c1-3-5-7-9-11-13-15-17-19-20-21-22-23-24-25-27-28-30-32-34-36-38-43(46)48-41-42(40-45)49-44(47)39-37-35-33-31-29-26-18-16-14-12-10-8-6-4-2/h19-20,22-23,25,27,30,32,42,45H,3-18,21,24,26,28-29,31,33-41H2,1-2H3/b20-19+,23-22+,27-25+,32-30+/t42-/m0/s1. The number of rotatable bonds is 37. The number of allylic oxidation sites excluding steroid dienone is 8. The topological polar surface area (TPSA) is 72.8 Å². The van der Waals surface area contributed by atoms with Crippen LogP contribution in [-0.2, 0) is 19.1 Å². The Hall–Kier alpha value is -2.14. The molecule has 1 atom stereocenters. The van der Waals surface area contributed by atoms with Crippen LogP contribution >= 0.6 is 0 Å². The summed E-state index contributed by atoms with van der Waals surface area (Å²) >= 11 is 0. The van der Waals surface area contributed by atoms with Crippen LogP contribution in [0.4, 0.5) is 0 Å². The minimum absolute atomic E-state index is 0.0928. The fourth-order valence-corrected chi connectivity index (χ4v) is 5.72. The van der Waals surface area contributed by atoms with Gasteiger partial charge in [0.15, 0.2) is 6.10 Å². The van der Waals surface area contributed by atoms with Gasteiger partial charge in [-0.15, -0.1) is 0 Å². The highest BCUT2D eigenvalue weighted by atomic mass is 16.6. The van der Waals surface area contributed by atoms with Crippen LogP contribution in [0.25, 0.3) is 0 Å². The van der Waals surface area contributed by atoms with E-state index < -0.39 is 6.10 Å². The Balaban J connectivity index is 3.65. The summed E-state index contributed by atoms with van der Waals surface area (Å²) in [7, 11) is 0. The molecular weight excluding hydrogens is 608 g/mol. The lowest BCUT2D eigenvalue weighted by atomic mass is 10.0. The van der Waals surface area contributed by atoms with Gasteiger partial charge in [-0.25, -0.2) is 0 Å². The van der Waals surface area contributed by atoms with Gasteiger partial charge in [0, 0.05) is 12.8 Å². The molecule has 1 N–H and O–H groups in total. The number of carbonyl (C=O) groups is 2. The molecule has 0 aromatic rings. The summed E-state index contributed by atoms with van der Waals surface area (Å²) in [5.74, 6) is -0.653. The Morgan fingerprint density at radius 3 is 1.29 bits per heavy atom. The highest BCUT2D eigenvalue weighted by Gasteiger charge is 2.16. The molecule has 0 fully saturated rings. The van der Waals surface area contributed by atoms with Crippen molar-refractivity contribution in [1.29, 1.82) is 0 Å². The van der Waals surface area contributed by atoms with E-state index in [0.29, 0.717) is 19.3 Å². The first-order valence-electron chi connectivity index (χ1n) is 20.7. The largest absolute Gasteiger partial charge is 0.462 e. The molecule has 0 aliphatic heterocycles. The second-order valence-electron chi connectivity index (χ2n) is 13.7. The van der Waals surface area contributed by atoms with E-state index >= 15 is 0 Å². The first-order valence-corrected chi connectivity index (χ1v) is 20.7. The molecule has 49 heavy (non-hydrogen) atoms. The van der Waals surface area contributed by atoms with Crippen molar-refractivity contribution < 1.29 is 24.2 Å². The van der Waals surface area contributed by atoms with Crippen molar-refractivity contribution in [2.24, 2.45) is 0 Å². The fourth-order valence-electron chi connectivity index (χ4n) is 5.72. The number of aliphatic hydroxyl groups excluding tert-OH is 1. The van der Waals surface area contributed by atoms with Crippen molar-refractivity contribution in [2.75, 3.05) is 13.2 Å². The van der Waals surface area contributed by atoms with Crippen LogP contribution in [0.3, 0.4) is 0 Å². The van der Waals surface area contributed by atoms with E-state index in [1.165, 1.54) is 122 Å². The number of ether oxygens (including phenoxy) is 2. The Bertz CT molecular complexity index is 827. The fraction of sp³-hybridized carbons (Fsp3) is 0.773. The average molecular weight is 687 g/mol. The second-order valence-corrected chi connectivity index (χ2v) is 13.7. The molecule has 0 rings (SSSR count). The number of hydrogen-bond donors (Lipinski definition) is 1. The maximum atomic E-state index is 12.2. The van der Waals surface area contributed by atoms with Crippen molar-refractivity contribution >= 4 is 11.9 Å². The smallest absolute Gasteiger partial charge is 0.306 e. The van der Waals surface area contributed by atoms with Crippen molar-refractivity contribution in [2.45, 2.75) is 206 Å². The third-order valence-electron chi connectivity index (χ3n) is 8.88. The molecule has 0 aliphatic rings. The molecule has 0 aromatic heterocycles. The van der Waals surface area contributed by atoms with Crippen molar-refractivity contribution in [3.05, 3.63) is 48.6 Å².